The molecule has 2 N–H and O–H groups in total. The quantitative estimate of drug-likeness (QED) is 0.828. The molecule has 2 rings (SSSR count). The van der Waals surface area contributed by atoms with Crippen molar-refractivity contribution in [3.05, 3.63) is 59.9 Å². The first-order chi connectivity index (χ1) is 10.1. The van der Waals surface area contributed by atoms with Gasteiger partial charge in [-0.15, -0.1) is 0 Å². The smallest absolute Gasteiger partial charge is 0.222 e. The highest BCUT2D eigenvalue weighted by molar-refractivity contribution is 5.76. The minimum atomic E-state index is 0.147. The molecule has 1 aromatic heterocycles. The van der Waals surface area contributed by atoms with Crippen molar-refractivity contribution in [3.63, 3.8) is 0 Å². The van der Waals surface area contributed by atoms with Crippen molar-refractivity contribution in [3.8, 4) is 0 Å². The van der Waals surface area contributed by atoms with Crippen molar-refractivity contribution in [1.29, 1.82) is 0 Å². The molecule has 2 aromatic rings. The van der Waals surface area contributed by atoms with Crippen LogP contribution in [0.3, 0.4) is 0 Å². The fraction of sp³-hybridized carbons (Fsp3) is 0.294. The van der Waals surface area contributed by atoms with E-state index in [1.807, 2.05) is 49.5 Å². The summed E-state index contributed by atoms with van der Waals surface area (Å²) in [5, 5.41) is 0. The molecule has 0 unspecified atom stereocenters. The average molecular weight is 283 g/mol. The summed E-state index contributed by atoms with van der Waals surface area (Å²) >= 11 is 0. The lowest BCUT2D eigenvalue weighted by Crippen LogP contribution is -2.29. The summed E-state index contributed by atoms with van der Waals surface area (Å²) in [6.45, 7) is 0.687. The Balaban J connectivity index is 1.77. The maximum atomic E-state index is 12.1. The normalized spacial score (nSPS) is 10.3. The zero-order valence-electron chi connectivity index (χ0n) is 12.3. The Kier molecular flexibility index (Phi) is 5.32. The Hall–Kier alpha value is -2.36. The van der Waals surface area contributed by atoms with Crippen molar-refractivity contribution >= 4 is 11.6 Å². The van der Waals surface area contributed by atoms with Gasteiger partial charge in [0.2, 0.25) is 5.91 Å². The van der Waals surface area contributed by atoms with E-state index in [9.17, 15) is 4.79 Å². The first-order valence-corrected chi connectivity index (χ1v) is 7.13. The van der Waals surface area contributed by atoms with Crippen LogP contribution in [-0.2, 0) is 17.6 Å². The van der Waals surface area contributed by atoms with Crippen LogP contribution in [0.15, 0.2) is 48.7 Å². The van der Waals surface area contributed by atoms with Gasteiger partial charge in [-0.25, -0.2) is 0 Å². The lowest BCUT2D eigenvalue weighted by atomic mass is 10.1. The van der Waals surface area contributed by atoms with Crippen molar-refractivity contribution < 1.29 is 4.79 Å². The average Bonchev–Trinajstić information content (AvgIpc) is 2.51. The van der Waals surface area contributed by atoms with E-state index < -0.39 is 0 Å². The van der Waals surface area contributed by atoms with Gasteiger partial charge in [0.05, 0.1) is 0 Å². The Labute approximate surface area is 125 Å². The van der Waals surface area contributed by atoms with Crippen LogP contribution in [0.1, 0.15) is 17.7 Å². The monoisotopic (exact) mass is 283 g/mol. The molecule has 0 spiro atoms. The van der Waals surface area contributed by atoms with E-state index in [1.165, 1.54) is 0 Å². The van der Waals surface area contributed by atoms with Crippen LogP contribution in [-0.4, -0.2) is 29.4 Å². The van der Waals surface area contributed by atoms with E-state index in [0.717, 1.165) is 29.8 Å². The molecule has 21 heavy (non-hydrogen) atoms. The zero-order chi connectivity index (χ0) is 15.1. The SMILES string of the molecule is CN(CCc1ccccn1)C(=O)CCc1cccc(N)c1. The lowest BCUT2D eigenvalue weighted by molar-refractivity contribution is -0.129. The summed E-state index contributed by atoms with van der Waals surface area (Å²) in [4.78, 5) is 18.1. The van der Waals surface area contributed by atoms with Gasteiger partial charge in [-0.2, -0.15) is 0 Å². The molecule has 4 nitrogen and oxygen atoms in total. The topological polar surface area (TPSA) is 59.2 Å². The molecule has 1 amide bonds. The molecule has 0 bridgehead atoms. The summed E-state index contributed by atoms with van der Waals surface area (Å²) in [6, 6.07) is 13.5. The number of aryl methyl sites for hydroxylation is 1. The van der Waals surface area contributed by atoms with Gasteiger partial charge in [0.25, 0.3) is 0 Å². The third-order valence-corrected chi connectivity index (χ3v) is 3.43. The van der Waals surface area contributed by atoms with Crippen molar-refractivity contribution in [2.24, 2.45) is 0 Å². The third-order valence-electron chi connectivity index (χ3n) is 3.43. The van der Waals surface area contributed by atoms with Crippen LogP contribution in [0.5, 0.6) is 0 Å². The highest BCUT2D eigenvalue weighted by atomic mass is 16.2. The van der Waals surface area contributed by atoms with E-state index in [-0.39, 0.29) is 5.91 Å². The molecule has 110 valence electrons. The fourth-order valence-electron chi connectivity index (χ4n) is 2.14. The van der Waals surface area contributed by atoms with E-state index >= 15 is 0 Å². The second-order valence-corrected chi connectivity index (χ2v) is 5.13. The number of pyridine rings is 1. The number of nitrogens with two attached hydrogens (primary N) is 1. The minimum absolute atomic E-state index is 0.147. The van der Waals surface area contributed by atoms with Crippen LogP contribution >= 0.6 is 0 Å². The molecule has 0 saturated carbocycles. The number of rotatable bonds is 6. The van der Waals surface area contributed by atoms with Gasteiger partial charge in [0.15, 0.2) is 0 Å². The van der Waals surface area contributed by atoms with Gasteiger partial charge >= 0.3 is 0 Å². The minimum Gasteiger partial charge on any atom is -0.399 e. The Bertz CT molecular complexity index is 584. The van der Waals surface area contributed by atoms with Crippen LogP contribution in [0.25, 0.3) is 0 Å². The molecule has 0 saturated heterocycles. The molecule has 1 aromatic carbocycles. The van der Waals surface area contributed by atoms with Gasteiger partial charge in [0, 0.05) is 44.0 Å². The molecule has 0 fully saturated rings. The molecule has 1 heterocycles. The predicted molar refractivity (Wildman–Crippen MR) is 84.8 cm³/mol. The second kappa shape index (κ2) is 7.43. The molecule has 0 radical (unpaired) electrons. The Morgan fingerprint density at radius 3 is 2.76 bits per heavy atom. The number of nitrogen functional groups attached to an aromatic ring is 1. The Morgan fingerprint density at radius 1 is 1.19 bits per heavy atom. The number of benzene rings is 1. The predicted octanol–water partition coefficient (Wildman–Crippen LogP) is 2.30. The number of carbonyl (C=O) groups is 1. The number of carbonyl (C=O) groups excluding carboxylic acids is 1. The lowest BCUT2D eigenvalue weighted by Gasteiger charge is -2.17. The van der Waals surface area contributed by atoms with E-state index in [1.54, 1.807) is 11.1 Å². The maximum Gasteiger partial charge on any atom is 0.222 e. The number of amides is 1. The summed E-state index contributed by atoms with van der Waals surface area (Å²) < 4.78 is 0. The van der Waals surface area contributed by atoms with Gasteiger partial charge in [0.1, 0.15) is 0 Å². The number of aromatic nitrogens is 1. The first kappa shape index (κ1) is 15.0. The van der Waals surface area contributed by atoms with E-state index in [0.29, 0.717) is 13.0 Å². The first-order valence-electron chi connectivity index (χ1n) is 7.13. The standard InChI is InChI=1S/C17H21N3O/c1-20(12-10-16-7-2-3-11-19-16)17(21)9-8-14-5-4-6-15(18)13-14/h2-7,11,13H,8-10,12,18H2,1H3. The van der Waals surface area contributed by atoms with E-state index in [4.69, 9.17) is 5.73 Å². The van der Waals surface area contributed by atoms with Crippen molar-refractivity contribution in [2.45, 2.75) is 19.3 Å². The number of nitrogens with zero attached hydrogens (tertiary/aromatic N) is 2. The van der Waals surface area contributed by atoms with Crippen LogP contribution in [0.2, 0.25) is 0 Å². The number of likely N-dealkylation sites (N-methyl/N-ethyl adjacent to an activating group) is 1. The van der Waals surface area contributed by atoms with E-state index in [2.05, 4.69) is 4.98 Å². The molecule has 0 aliphatic rings. The molecule has 4 heteroatoms. The maximum absolute atomic E-state index is 12.1. The van der Waals surface area contributed by atoms with Crippen molar-refractivity contribution in [2.75, 3.05) is 19.3 Å². The highest BCUT2D eigenvalue weighted by Gasteiger charge is 2.09. The van der Waals surface area contributed by atoms with Crippen LogP contribution in [0, 0.1) is 0 Å². The second-order valence-electron chi connectivity index (χ2n) is 5.13. The van der Waals surface area contributed by atoms with Crippen LogP contribution < -0.4 is 5.73 Å². The molecular weight excluding hydrogens is 262 g/mol. The number of anilines is 1. The van der Waals surface area contributed by atoms with Gasteiger partial charge in [-0.3, -0.25) is 9.78 Å². The summed E-state index contributed by atoms with van der Waals surface area (Å²) in [6.07, 6.45) is 3.78. The molecular formula is C17H21N3O. The van der Waals surface area contributed by atoms with Crippen molar-refractivity contribution in [1.82, 2.24) is 9.88 Å². The summed E-state index contributed by atoms with van der Waals surface area (Å²) in [5.74, 6) is 0.147. The molecule has 0 atom stereocenters. The summed E-state index contributed by atoms with van der Waals surface area (Å²) in [5.41, 5.74) is 8.58. The molecule has 0 aliphatic carbocycles. The van der Waals surface area contributed by atoms with Gasteiger partial charge in [-0.1, -0.05) is 18.2 Å². The number of hydrogen-bond donors (Lipinski definition) is 1. The van der Waals surface area contributed by atoms with Crippen LogP contribution in [0.4, 0.5) is 5.69 Å². The van der Waals surface area contributed by atoms with Gasteiger partial charge < -0.3 is 10.6 Å². The fourth-order valence-corrected chi connectivity index (χ4v) is 2.14. The summed E-state index contributed by atoms with van der Waals surface area (Å²) in [7, 11) is 1.84. The Morgan fingerprint density at radius 2 is 2.05 bits per heavy atom. The molecule has 0 aliphatic heterocycles. The zero-order valence-corrected chi connectivity index (χ0v) is 12.3. The third kappa shape index (κ3) is 4.91. The largest absolute Gasteiger partial charge is 0.399 e. The highest BCUT2D eigenvalue weighted by Crippen LogP contribution is 2.09. The van der Waals surface area contributed by atoms with Gasteiger partial charge in [-0.05, 0) is 36.2 Å². The number of hydrogen-bond acceptors (Lipinski definition) is 3.